The number of nitrogens with zero attached hydrogens (tertiary/aromatic N) is 2. The molecule has 0 aliphatic rings. The molecule has 0 fully saturated rings. The zero-order chi connectivity index (χ0) is 29.3. The van der Waals surface area contributed by atoms with Crippen LogP contribution in [0.1, 0.15) is 11.1 Å². The summed E-state index contributed by atoms with van der Waals surface area (Å²) in [5, 5.41) is 4.49. The Balaban J connectivity index is 1.66. The van der Waals surface area contributed by atoms with Gasteiger partial charge in [0.05, 0.1) is 22.4 Å². The van der Waals surface area contributed by atoms with Crippen LogP contribution >= 0.6 is 0 Å². The molecular formula is C42H28N2. The molecule has 7 aromatic carbocycles. The molecule has 1 heterocycles. The van der Waals surface area contributed by atoms with Gasteiger partial charge in [-0.3, -0.25) is 0 Å². The number of pyridine rings is 1. The predicted octanol–water partition coefficient (Wildman–Crippen LogP) is 11.0. The quantitative estimate of drug-likeness (QED) is 0.117. The summed E-state index contributed by atoms with van der Waals surface area (Å²) < 4.78 is 0. The molecule has 0 saturated carbocycles. The first-order chi connectivity index (χ1) is 21.9. The topological polar surface area (TPSA) is 25.2 Å². The molecule has 0 radical (unpaired) electrons. The van der Waals surface area contributed by atoms with Gasteiger partial charge in [0.1, 0.15) is 0 Å². The van der Waals surface area contributed by atoms with Crippen molar-refractivity contribution in [2.45, 2.75) is 0 Å². The minimum Gasteiger partial charge on any atom is -0.248 e. The van der Waals surface area contributed by atoms with Crippen molar-refractivity contribution in [3.05, 3.63) is 181 Å². The van der Waals surface area contributed by atoms with Gasteiger partial charge in [-0.1, -0.05) is 152 Å². The molecule has 2 nitrogen and oxygen atoms in total. The third-order valence-corrected chi connectivity index (χ3v) is 8.25. The summed E-state index contributed by atoms with van der Waals surface area (Å²) in [6.45, 7) is 0. The Kier molecular flexibility index (Phi) is 6.51. The first-order valence-corrected chi connectivity index (χ1v) is 14.9. The van der Waals surface area contributed by atoms with Crippen molar-refractivity contribution in [1.82, 2.24) is 4.98 Å². The lowest BCUT2D eigenvalue weighted by atomic mass is 9.82. The summed E-state index contributed by atoms with van der Waals surface area (Å²) in [4.78, 5) is 10.8. The lowest BCUT2D eigenvalue weighted by molar-refractivity contribution is 1.48. The Morgan fingerprint density at radius 1 is 0.432 bits per heavy atom. The fraction of sp³-hybridized carbons (Fsp3) is 0. The second-order valence-corrected chi connectivity index (χ2v) is 10.9. The van der Waals surface area contributed by atoms with Crippen molar-refractivity contribution in [3.63, 3.8) is 0 Å². The molecular weight excluding hydrogens is 532 g/mol. The summed E-state index contributed by atoms with van der Waals surface area (Å²) in [7, 11) is 0. The standard InChI is InChI=1S/C42H28N2/c1-5-17-29(18-6-1)37-35-27-15-16-28-36(35)44-42-34-26-14-13-25-33(34)39(38(40(37)42)30-19-7-2-8-20-30)41(31-21-9-3-10-22-31)43-32-23-11-4-12-24-32/h1-28H. The van der Waals surface area contributed by atoms with E-state index in [4.69, 9.17) is 9.98 Å². The lowest BCUT2D eigenvalue weighted by Crippen LogP contribution is -2.08. The first kappa shape index (κ1) is 25.8. The van der Waals surface area contributed by atoms with E-state index in [1.807, 2.05) is 18.2 Å². The molecule has 44 heavy (non-hydrogen) atoms. The van der Waals surface area contributed by atoms with Crippen molar-refractivity contribution in [2.75, 3.05) is 0 Å². The van der Waals surface area contributed by atoms with Crippen LogP contribution in [0.15, 0.2) is 175 Å². The Labute approximate surface area is 256 Å². The van der Waals surface area contributed by atoms with E-state index in [2.05, 4.69) is 152 Å². The Bertz CT molecular complexity index is 2290. The average molecular weight is 561 g/mol. The molecule has 0 N–H and O–H groups in total. The van der Waals surface area contributed by atoms with Crippen LogP contribution in [0, 0.1) is 0 Å². The number of benzene rings is 7. The Hall–Kier alpha value is -5.86. The summed E-state index contributed by atoms with van der Waals surface area (Å²) in [5.74, 6) is 0. The first-order valence-electron chi connectivity index (χ1n) is 14.9. The monoisotopic (exact) mass is 560 g/mol. The highest BCUT2D eigenvalue weighted by Gasteiger charge is 2.25. The van der Waals surface area contributed by atoms with Crippen LogP contribution in [-0.2, 0) is 0 Å². The van der Waals surface area contributed by atoms with E-state index in [-0.39, 0.29) is 0 Å². The number of aliphatic imine (C=N–C) groups is 1. The van der Waals surface area contributed by atoms with Crippen molar-refractivity contribution >= 4 is 44.0 Å². The molecule has 0 unspecified atom stereocenters. The molecule has 0 aliphatic carbocycles. The highest BCUT2D eigenvalue weighted by Crippen LogP contribution is 2.46. The van der Waals surface area contributed by atoms with Gasteiger partial charge in [0, 0.05) is 38.4 Å². The van der Waals surface area contributed by atoms with E-state index in [0.29, 0.717) is 0 Å². The van der Waals surface area contributed by atoms with Gasteiger partial charge in [-0.2, -0.15) is 0 Å². The minimum atomic E-state index is 0.912. The third kappa shape index (κ3) is 4.45. The fourth-order valence-electron chi connectivity index (χ4n) is 6.35. The van der Waals surface area contributed by atoms with Gasteiger partial charge >= 0.3 is 0 Å². The molecule has 0 spiro atoms. The molecule has 8 aromatic rings. The number of hydrogen-bond acceptors (Lipinski definition) is 2. The van der Waals surface area contributed by atoms with Gasteiger partial charge in [-0.05, 0) is 34.7 Å². The van der Waals surface area contributed by atoms with E-state index in [9.17, 15) is 0 Å². The molecule has 2 heteroatoms. The summed E-state index contributed by atoms with van der Waals surface area (Å²) in [6, 6.07) is 59.4. The van der Waals surface area contributed by atoms with Crippen molar-refractivity contribution < 1.29 is 0 Å². The van der Waals surface area contributed by atoms with Gasteiger partial charge in [0.25, 0.3) is 0 Å². The largest absolute Gasteiger partial charge is 0.248 e. The van der Waals surface area contributed by atoms with Gasteiger partial charge in [-0.25, -0.2) is 9.98 Å². The normalized spacial score (nSPS) is 11.8. The highest BCUT2D eigenvalue weighted by atomic mass is 14.8. The second-order valence-electron chi connectivity index (χ2n) is 10.9. The summed E-state index contributed by atoms with van der Waals surface area (Å²) in [5.41, 5.74) is 10.6. The molecule has 0 bridgehead atoms. The molecule has 206 valence electrons. The maximum absolute atomic E-state index is 5.40. The van der Waals surface area contributed by atoms with Crippen molar-refractivity contribution in [1.29, 1.82) is 0 Å². The lowest BCUT2D eigenvalue weighted by Gasteiger charge is -2.22. The summed E-state index contributed by atoms with van der Waals surface area (Å²) in [6.07, 6.45) is 0. The average Bonchev–Trinajstić information content (AvgIpc) is 3.11. The molecule has 0 aliphatic heterocycles. The Morgan fingerprint density at radius 3 is 1.59 bits per heavy atom. The van der Waals surface area contributed by atoms with Gasteiger partial charge < -0.3 is 0 Å². The maximum atomic E-state index is 5.40. The number of aromatic nitrogens is 1. The Morgan fingerprint density at radius 2 is 0.932 bits per heavy atom. The van der Waals surface area contributed by atoms with E-state index in [1.165, 1.54) is 5.56 Å². The van der Waals surface area contributed by atoms with Gasteiger partial charge in [0.2, 0.25) is 0 Å². The van der Waals surface area contributed by atoms with Crippen LogP contribution in [0.3, 0.4) is 0 Å². The van der Waals surface area contributed by atoms with Crippen LogP contribution in [0.4, 0.5) is 5.69 Å². The third-order valence-electron chi connectivity index (χ3n) is 8.25. The van der Waals surface area contributed by atoms with E-state index >= 15 is 0 Å². The number of fused-ring (bicyclic) bond motifs is 4. The molecule has 0 saturated heterocycles. The van der Waals surface area contributed by atoms with Crippen LogP contribution in [0.25, 0.3) is 54.8 Å². The molecule has 0 amide bonds. The highest BCUT2D eigenvalue weighted by molar-refractivity contribution is 6.32. The van der Waals surface area contributed by atoms with Crippen LogP contribution in [0.5, 0.6) is 0 Å². The van der Waals surface area contributed by atoms with E-state index in [0.717, 1.165) is 71.8 Å². The molecule has 1 aromatic heterocycles. The second kappa shape index (κ2) is 11.1. The predicted molar refractivity (Wildman–Crippen MR) is 186 cm³/mol. The molecule has 8 rings (SSSR count). The van der Waals surface area contributed by atoms with E-state index in [1.54, 1.807) is 0 Å². The molecule has 0 atom stereocenters. The van der Waals surface area contributed by atoms with E-state index < -0.39 is 0 Å². The zero-order valence-corrected chi connectivity index (χ0v) is 24.1. The minimum absolute atomic E-state index is 0.912. The zero-order valence-electron chi connectivity index (χ0n) is 24.1. The summed E-state index contributed by atoms with van der Waals surface area (Å²) >= 11 is 0. The SMILES string of the molecule is c1ccc(N=C(c2ccccc2)c2c(-c3ccccc3)c3c(-c4ccccc4)c4ccccc4nc3c3ccccc23)cc1. The van der Waals surface area contributed by atoms with Crippen molar-refractivity contribution in [3.8, 4) is 22.3 Å². The van der Waals surface area contributed by atoms with Crippen LogP contribution in [0.2, 0.25) is 0 Å². The van der Waals surface area contributed by atoms with Crippen LogP contribution in [-0.4, -0.2) is 10.7 Å². The maximum Gasteiger partial charge on any atom is 0.0801 e. The number of rotatable bonds is 5. The van der Waals surface area contributed by atoms with Crippen LogP contribution < -0.4 is 0 Å². The number of hydrogen-bond donors (Lipinski definition) is 0. The van der Waals surface area contributed by atoms with Crippen molar-refractivity contribution in [2.24, 2.45) is 4.99 Å². The van der Waals surface area contributed by atoms with Gasteiger partial charge in [-0.15, -0.1) is 0 Å². The smallest absolute Gasteiger partial charge is 0.0801 e. The van der Waals surface area contributed by atoms with Gasteiger partial charge in [0.15, 0.2) is 0 Å². The number of para-hydroxylation sites is 2. The fourth-order valence-corrected chi connectivity index (χ4v) is 6.35.